The van der Waals surface area contributed by atoms with Gasteiger partial charge in [0.2, 0.25) is 11.8 Å². The number of rotatable bonds is 42. The minimum atomic E-state index is -1.01. The predicted molar refractivity (Wildman–Crippen MR) is 218 cm³/mol. The Labute approximate surface area is 358 Å². The van der Waals surface area contributed by atoms with E-state index in [1.54, 1.807) is 18.2 Å². The number of carbonyl (C=O) groups is 4. The predicted octanol–water partition coefficient (Wildman–Crippen LogP) is 0.735. The highest BCUT2D eigenvalue weighted by atomic mass is 16.6. The summed E-state index contributed by atoms with van der Waals surface area (Å²) in [7, 11) is 0. The van der Waals surface area contributed by atoms with Crippen LogP contribution in [0.2, 0.25) is 0 Å². The van der Waals surface area contributed by atoms with Gasteiger partial charge in [-0.25, -0.2) is 0 Å². The lowest BCUT2D eigenvalue weighted by Crippen LogP contribution is -2.54. The van der Waals surface area contributed by atoms with Gasteiger partial charge in [-0.1, -0.05) is 6.07 Å². The molecule has 348 valence electrons. The highest BCUT2D eigenvalue weighted by Crippen LogP contribution is 2.32. The van der Waals surface area contributed by atoms with Crippen molar-refractivity contribution in [3.8, 4) is 0 Å². The number of carbonyl (C=O) groups excluding carboxylic acids is 4. The summed E-state index contributed by atoms with van der Waals surface area (Å²) in [5.74, 6) is -2.17. The highest BCUT2D eigenvalue weighted by molar-refractivity contribution is 6.25. The zero-order valence-electron chi connectivity index (χ0n) is 35.7. The van der Waals surface area contributed by atoms with Crippen molar-refractivity contribution < 1.29 is 80.8 Å². The van der Waals surface area contributed by atoms with Gasteiger partial charge >= 0.3 is 0 Å². The maximum absolute atomic E-state index is 13.2. The molecule has 0 aliphatic carbocycles. The normalized spacial score (nSPS) is 15.2. The van der Waals surface area contributed by atoms with E-state index in [9.17, 15) is 19.2 Å². The van der Waals surface area contributed by atoms with Crippen LogP contribution in [-0.2, 0) is 71.2 Å². The first-order valence-corrected chi connectivity index (χ1v) is 21.1. The number of hydrogen-bond acceptors (Lipinski definition) is 18. The summed E-state index contributed by atoms with van der Waals surface area (Å²) in [6, 6.07) is 3.90. The van der Waals surface area contributed by atoms with E-state index in [1.165, 1.54) is 0 Å². The molecule has 0 radical (unpaired) electrons. The van der Waals surface area contributed by atoms with Crippen molar-refractivity contribution in [2.24, 2.45) is 0 Å². The number of piperidine rings is 1. The Kier molecular flexibility index (Phi) is 30.1. The van der Waals surface area contributed by atoms with Crippen LogP contribution in [0.1, 0.15) is 40.5 Å². The Morgan fingerprint density at radius 2 is 0.869 bits per heavy atom. The fraction of sp³-hybridized carbons (Fsp3) is 0.756. The molecule has 3 rings (SSSR count). The second-order valence-corrected chi connectivity index (χ2v) is 13.1. The molecule has 20 heteroatoms. The molecule has 1 atom stereocenters. The molecule has 0 aromatic heterocycles. The van der Waals surface area contributed by atoms with Crippen LogP contribution in [0.15, 0.2) is 18.2 Å². The highest BCUT2D eigenvalue weighted by Gasteiger charge is 2.45. The van der Waals surface area contributed by atoms with Gasteiger partial charge in [-0.2, -0.15) is 0 Å². The van der Waals surface area contributed by atoms with E-state index in [0.29, 0.717) is 184 Å². The number of imide groups is 2. The van der Waals surface area contributed by atoms with Crippen molar-refractivity contribution in [2.45, 2.75) is 25.8 Å². The van der Waals surface area contributed by atoms with Crippen molar-refractivity contribution in [1.29, 1.82) is 0 Å². The van der Waals surface area contributed by atoms with Crippen molar-refractivity contribution in [3.05, 3.63) is 29.3 Å². The van der Waals surface area contributed by atoms with E-state index in [1.807, 2.05) is 6.92 Å². The van der Waals surface area contributed by atoms with E-state index in [0.717, 1.165) is 4.90 Å². The lowest BCUT2D eigenvalue weighted by molar-refractivity contribution is -0.136. The molecule has 2 heterocycles. The number of hydrogen-bond donors (Lipinski definition) is 2. The van der Waals surface area contributed by atoms with Crippen molar-refractivity contribution >= 4 is 29.3 Å². The van der Waals surface area contributed by atoms with E-state index >= 15 is 0 Å². The minimum Gasteiger partial charge on any atom is -0.382 e. The second-order valence-electron chi connectivity index (χ2n) is 13.1. The fourth-order valence-corrected chi connectivity index (χ4v) is 5.70. The first-order valence-electron chi connectivity index (χ1n) is 21.1. The summed E-state index contributed by atoms with van der Waals surface area (Å²) in [6.07, 6.45) is 0.166. The number of ether oxygens (including phenoxy) is 13. The molecule has 1 aromatic rings. The molecule has 2 aliphatic rings. The molecule has 61 heavy (non-hydrogen) atoms. The Bertz CT molecular complexity index is 1340. The molecule has 1 aromatic carbocycles. The van der Waals surface area contributed by atoms with Gasteiger partial charge in [0.25, 0.3) is 11.8 Å². The molecule has 2 N–H and O–H groups in total. The SMILES string of the molecule is CCOCCOCCOCCOCCOCCOCCOCCOCCOCCOCCOCCOCCOCCNc1cccc2c1C(=O)N(C1CCC(=O)NC1=O)C2=O. The molecule has 1 saturated heterocycles. The fourth-order valence-electron chi connectivity index (χ4n) is 5.70. The van der Waals surface area contributed by atoms with Crippen LogP contribution in [0.3, 0.4) is 0 Å². The average Bonchev–Trinajstić information content (AvgIpc) is 3.51. The number of fused-ring (bicyclic) bond motifs is 1. The molecule has 20 nitrogen and oxygen atoms in total. The molecule has 0 bridgehead atoms. The first-order chi connectivity index (χ1) is 30.0. The van der Waals surface area contributed by atoms with Crippen LogP contribution in [0.4, 0.5) is 5.69 Å². The third kappa shape index (κ3) is 23.2. The number of anilines is 1. The molecule has 0 spiro atoms. The maximum Gasteiger partial charge on any atom is 0.264 e. The molecular weight excluding hydrogens is 806 g/mol. The van der Waals surface area contributed by atoms with E-state index in [-0.39, 0.29) is 24.0 Å². The lowest BCUT2D eigenvalue weighted by atomic mass is 10.0. The number of benzene rings is 1. The summed E-state index contributed by atoms with van der Waals surface area (Å²) in [5.41, 5.74) is 0.902. The first kappa shape index (κ1) is 52.1. The lowest BCUT2D eigenvalue weighted by Gasteiger charge is -2.27. The van der Waals surface area contributed by atoms with Crippen molar-refractivity contribution in [2.75, 3.05) is 184 Å². The Morgan fingerprint density at radius 3 is 1.23 bits per heavy atom. The van der Waals surface area contributed by atoms with Gasteiger partial charge in [0.1, 0.15) is 6.04 Å². The summed E-state index contributed by atoms with van der Waals surface area (Å²) < 4.78 is 71.0. The van der Waals surface area contributed by atoms with Crippen LogP contribution in [0.25, 0.3) is 0 Å². The van der Waals surface area contributed by atoms with Gasteiger partial charge in [0.15, 0.2) is 0 Å². The van der Waals surface area contributed by atoms with Crippen molar-refractivity contribution in [3.63, 3.8) is 0 Å². The van der Waals surface area contributed by atoms with Gasteiger partial charge in [-0.3, -0.25) is 29.4 Å². The summed E-state index contributed by atoms with van der Waals surface area (Å²) in [6.45, 7) is 14.9. The molecule has 0 saturated carbocycles. The van der Waals surface area contributed by atoms with E-state index < -0.39 is 29.7 Å². The Morgan fingerprint density at radius 1 is 0.508 bits per heavy atom. The smallest absolute Gasteiger partial charge is 0.264 e. The molecule has 4 amide bonds. The van der Waals surface area contributed by atoms with Crippen LogP contribution in [0, 0.1) is 0 Å². The third-order valence-corrected chi connectivity index (χ3v) is 8.70. The Hall–Kier alpha value is -3.22. The zero-order valence-corrected chi connectivity index (χ0v) is 35.7. The monoisotopic (exact) mass is 873 g/mol. The zero-order chi connectivity index (χ0) is 43.4. The van der Waals surface area contributed by atoms with Crippen LogP contribution in [-0.4, -0.2) is 213 Å². The summed E-state index contributed by atoms with van der Waals surface area (Å²) >= 11 is 0. The number of amides is 4. The quantitative estimate of drug-likeness (QED) is 0.0684. The van der Waals surface area contributed by atoms with Gasteiger partial charge < -0.3 is 66.9 Å². The molecule has 1 unspecified atom stereocenters. The van der Waals surface area contributed by atoms with Crippen LogP contribution >= 0.6 is 0 Å². The molecular formula is C41H67N3O17. The Balaban J connectivity index is 0.969. The average molecular weight is 874 g/mol. The topological polar surface area (TPSA) is 216 Å². The third-order valence-electron chi connectivity index (χ3n) is 8.70. The van der Waals surface area contributed by atoms with Gasteiger partial charge in [-0.15, -0.1) is 0 Å². The molecule has 1 fully saturated rings. The van der Waals surface area contributed by atoms with Gasteiger partial charge in [-0.05, 0) is 25.5 Å². The minimum absolute atomic E-state index is 0.0639. The maximum atomic E-state index is 13.2. The van der Waals surface area contributed by atoms with E-state index in [4.69, 9.17) is 61.6 Å². The van der Waals surface area contributed by atoms with E-state index in [2.05, 4.69) is 10.6 Å². The van der Waals surface area contributed by atoms with Gasteiger partial charge in [0.05, 0.1) is 176 Å². The largest absolute Gasteiger partial charge is 0.382 e. The van der Waals surface area contributed by atoms with Crippen LogP contribution < -0.4 is 10.6 Å². The standard InChI is InChI=1S/C41H67N3O17/c1-2-49-10-11-51-14-15-53-18-19-55-22-23-57-26-27-59-30-31-61-33-32-60-29-28-58-25-24-56-21-20-54-17-16-52-13-12-50-9-8-42-35-5-3-4-34-38(35)41(48)44(40(34)47)36-6-7-37(45)43-39(36)46/h3-5,36,42H,2,6-33H2,1H3,(H,43,45,46). The summed E-state index contributed by atoms with van der Waals surface area (Å²) in [5, 5.41) is 5.33. The van der Waals surface area contributed by atoms with Gasteiger partial charge in [0, 0.05) is 25.3 Å². The summed E-state index contributed by atoms with van der Waals surface area (Å²) in [4.78, 5) is 50.9. The van der Waals surface area contributed by atoms with Crippen LogP contribution in [0.5, 0.6) is 0 Å². The second kappa shape index (κ2) is 35.3. The number of nitrogens with one attached hydrogen (secondary N) is 2. The van der Waals surface area contributed by atoms with Crippen molar-refractivity contribution in [1.82, 2.24) is 10.2 Å². The molecule has 2 aliphatic heterocycles. The number of nitrogens with zero attached hydrogens (tertiary/aromatic N) is 1.